The van der Waals surface area contributed by atoms with Gasteiger partial charge in [0.25, 0.3) is 5.91 Å². The first-order chi connectivity index (χ1) is 14.5. The second-order valence-corrected chi connectivity index (χ2v) is 8.31. The van der Waals surface area contributed by atoms with E-state index in [-0.39, 0.29) is 11.8 Å². The summed E-state index contributed by atoms with van der Waals surface area (Å²) in [6.45, 7) is 1.81. The average Bonchev–Trinajstić information content (AvgIpc) is 3.49. The minimum Gasteiger partial charge on any atom is -0.318 e. The molecule has 1 aliphatic carbocycles. The number of hydrogen-bond acceptors (Lipinski definition) is 7. The summed E-state index contributed by atoms with van der Waals surface area (Å²) in [6, 6.07) is 8.62. The Morgan fingerprint density at radius 3 is 2.70 bits per heavy atom. The first-order valence-electron chi connectivity index (χ1n) is 9.97. The van der Waals surface area contributed by atoms with E-state index in [0.29, 0.717) is 17.1 Å². The normalized spacial score (nSPS) is 21.8. The highest BCUT2D eigenvalue weighted by atomic mass is 32.2. The van der Waals surface area contributed by atoms with Crippen LogP contribution in [0.5, 0.6) is 0 Å². The Bertz CT molecular complexity index is 945. The number of hydrogen-bond donors (Lipinski definition) is 2. The van der Waals surface area contributed by atoms with Gasteiger partial charge >= 0.3 is 6.03 Å². The smallest absolute Gasteiger partial charge is 0.318 e. The maximum atomic E-state index is 13.1. The molecule has 10 nitrogen and oxygen atoms in total. The fourth-order valence-electron chi connectivity index (χ4n) is 3.98. The molecule has 0 spiro atoms. The van der Waals surface area contributed by atoms with Crippen LogP contribution in [0.2, 0.25) is 0 Å². The molecule has 1 aromatic carbocycles. The van der Waals surface area contributed by atoms with Crippen LogP contribution in [-0.4, -0.2) is 48.8 Å². The number of thioether (sulfide) groups is 1. The molecular weight excluding hydrogens is 406 g/mol. The van der Waals surface area contributed by atoms with Crippen molar-refractivity contribution in [2.75, 3.05) is 5.75 Å². The lowest BCUT2D eigenvalue weighted by molar-refractivity contribution is -0.138. The van der Waals surface area contributed by atoms with Crippen LogP contribution in [0.25, 0.3) is 0 Å². The van der Waals surface area contributed by atoms with Gasteiger partial charge < -0.3 is 5.32 Å². The molecule has 158 valence electrons. The van der Waals surface area contributed by atoms with E-state index < -0.39 is 23.4 Å². The third-order valence-electron chi connectivity index (χ3n) is 5.59. The van der Waals surface area contributed by atoms with Gasteiger partial charge in [-0.2, -0.15) is 5.01 Å². The molecule has 0 bridgehead atoms. The van der Waals surface area contributed by atoms with Crippen molar-refractivity contribution in [3.05, 3.63) is 35.9 Å². The van der Waals surface area contributed by atoms with Crippen molar-refractivity contribution in [3.8, 4) is 0 Å². The highest BCUT2D eigenvalue weighted by Gasteiger charge is 2.52. The lowest BCUT2D eigenvalue weighted by atomic mass is 9.87. The van der Waals surface area contributed by atoms with E-state index in [9.17, 15) is 14.4 Å². The quantitative estimate of drug-likeness (QED) is 0.508. The first-order valence-corrected chi connectivity index (χ1v) is 11.0. The standard InChI is InChI=1S/C19H23N7O3S/c1-2-19(13-8-4-3-5-9-13)16(28)26(17(29)20-19)22-15(27)12-30-18-21-23-24-25(18)14-10-6-7-11-14/h3-5,8-9,14H,2,6-7,10-12H2,1H3,(H,20,29)(H,22,27)/t19-/m0/s1. The maximum absolute atomic E-state index is 13.1. The van der Waals surface area contributed by atoms with Crippen LogP contribution in [0.4, 0.5) is 4.79 Å². The Morgan fingerprint density at radius 1 is 1.27 bits per heavy atom. The number of urea groups is 1. The van der Waals surface area contributed by atoms with Gasteiger partial charge in [-0.25, -0.2) is 9.48 Å². The highest BCUT2D eigenvalue weighted by molar-refractivity contribution is 7.99. The van der Waals surface area contributed by atoms with Crippen LogP contribution in [0.15, 0.2) is 35.5 Å². The summed E-state index contributed by atoms with van der Waals surface area (Å²) in [5.74, 6) is -1.01. The van der Waals surface area contributed by atoms with Crippen LogP contribution in [0, 0.1) is 0 Å². The minimum absolute atomic E-state index is 0.0192. The molecule has 1 saturated heterocycles. The Hall–Kier alpha value is -2.95. The van der Waals surface area contributed by atoms with Gasteiger partial charge in [0, 0.05) is 0 Å². The van der Waals surface area contributed by atoms with Crippen molar-refractivity contribution in [3.63, 3.8) is 0 Å². The summed E-state index contributed by atoms with van der Waals surface area (Å²) in [7, 11) is 0. The Kier molecular flexibility index (Phi) is 5.71. The van der Waals surface area contributed by atoms with E-state index in [1.54, 1.807) is 28.9 Å². The molecule has 2 fully saturated rings. The number of amides is 4. The van der Waals surface area contributed by atoms with Crippen molar-refractivity contribution >= 4 is 29.6 Å². The van der Waals surface area contributed by atoms with Gasteiger partial charge in [-0.3, -0.25) is 15.0 Å². The van der Waals surface area contributed by atoms with Crippen molar-refractivity contribution < 1.29 is 14.4 Å². The predicted octanol–water partition coefficient (Wildman–Crippen LogP) is 1.77. The zero-order valence-corrected chi connectivity index (χ0v) is 17.4. The Labute approximate surface area is 177 Å². The second-order valence-electron chi connectivity index (χ2n) is 7.36. The van der Waals surface area contributed by atoms with Gasteiger partial charge in [0.1, 0.15) is 5.54 Å². The number of aromatic nitrogens is 4. The molecular formula is C19H23N7O3S. The molecule has 1 aromatic heterocycles. The number of carbonyl (C=O) groups excluding carboxylic acids is 3. The molecule has 2 aromatic rings. The van der Waals surface area contributed by atoms with E-state index in [0.717, 1.165) is 30.7 Å². The molecule has 30 heavy (non-hydrogen) atoms. The number of nitrogens with zero attached hydrogens (tertiary/aromatic N) is 5. The minimum atomic E-state index is -1.19. The fraction of sp³-hybridized carbons (Fsp3) is 0.474. The average molecular weight is 430 g/mol. The molecule has 4 rings (SSSR count). The number of benzene rings is 1. The number of imide groups is 1. The topological polar surface area (TPSA) is 122 Å². The Morgan fingerprint density at radius 2 is 2.00 bits per heavy atom. The predicted molar refractivity (Wildman–Crippen MR) is 108 cm³/mol. The van der Waals surface area contributed by atoms with Gasteiger partial charge in [0.2, 0.25) is 11.1 Å². The molecule has 2 heterocycles. The highest BCUT2D eigenvalue weighted by Crippen LogP contribution is 2.32. The fourth-order valence-corrected chi connectivity index (χ4v) is 4.72. The van der Waals surface area contributed by atoms with Gasteiger partial charge in [-0.1, -0.05) is 61.9 Å². The summed E-state index contributed by atoms with van der Waals surface area (Å²) in [4.78, 5) is 38.0. The second kappa shape index (κ2) is 8.42. The zero-order chi connectivity index (χ0) is 21.1. The SMILES string of the molecule is CC[C@@]1(c2ccccc2)NC(=O)N(NC(=O)CSc2nnnn2C2CCCC2)C1=O. The van der Waals surface area contributed by atoms with Gasteiger partial charge in [-0.05, 0) is 35.3 Å². The molecule has 1 saturated carbocycles. The van der Waals surface area contributed by atoms with E-state index in [1.807, 2.05) is 13.0 Å². The number of tetrazole rings is 1. The maximum Gasteiger partial charge on any atom is 0.344 e. The largest absolute Gasteiger partial charge is 0.344 e. The molecule has 11 heteroatoms. The van der Waals surface area contributed by atoms with Crippen molar-refractivity contribution in [1.82, 2.24) is 36.0 Å². The summed E-state index contributed by atoms with van der Waals surface area (Å²) in [5, 5.41) is 15.8. The molecule has 0 unspecified atom stereocenters. The molecule has 1 aliphatic heterocycles. The lowest BCUT2D eigenvalue weighted by Crippen LogP contribution is -2.49. The molecule has 1 atom stereocenters. The van der Waals surface area contributed by atoms with Gasteiger partial charge in [-0.15, -0.1) is 5.10 Å². The number of hydrazine groups is 1. The lowest BCUT2D eigenvalue weighted by Gasteiger charge is -2.25. The monoisotopic (exact) mass is 429 g/mol. The third kappa shape index (κ3) is 3.64. The van der Waals surface area contributed by atoms with Crippen LogP contribution >= 0.6 is 11.8 Å². The number of carbonyl (C=O) groups is 3. The van der Waals surface area contributed by atoms with Crippen molar-refractivity contribution in [1.29, 1.82) is 0 Å². The van der Waals surface area contributed by atoms with E-state index in [1.165, 1.54) is 11.8 Å². The summed E-state index contributed by atoms with van der Waals surface area (Å²) in [5.41, 5.74) is 1.91. The van der Waals surface area contributed by atoms with Crippen LogP contribution in [-0.2, 0) is 15.1 Å². The van der Waals surface area contributed by atoms with Gasteiger partial charge in [0.05, 0.1) is 11.8 Å². The van der Waals surface area contributed by atoms with Crippen molar-refractivity contribution in [2.45, 2.75) is 55.8 Å². The Balaban J connectivity index is 1.41. The molecule has 4 amide bonds. The van der Waals surface area contributed by atoms with Crippen LogP contribution < -0.4 is 10.7 Å². The molecule has 2 aliphatic rings. The first kappa shape index (κ1) is 20.3. The number of nitrogens with one attached hydrogen (secondary N) is 2. The zero-order valence-electron chi connectivity index (χ0n) is 16.6. The molecule has 2 N–H and O–H groups in total. The van der Waals surface area contributed by atoms with E-state index >= 15 is 0 Å². The van der Waals surface area contributed by atoms with E-state index in [4.69, 9.17) is 0 Å². The van der Waals surface area contributed by atoms with Crippen LogP contribution in [0.3, 0.4) is 0 Å². The van der Waals surface area contributed by atoms with Gasteiger partial charge in [0.15, 0.2) is 0 Å². The molecule has 0 radical (unpaired) electrons. The third-order valence-corrected chi connectivity index (χ3v) is 6.52. The summed E-state index contributed by atoms with van der Waals surface area (Å²) < 4.78 is 1.76. The van der Waals surface area contributed by atoms with Crippen molar-refractivity contribution in [2.24, 2.45) is 0 Å². The summed E-state index contributed by atoms with van der Waals surface area (Å²) >= 11 is 1.18. The van der Waals surface area contributed by atoms with E-state index in [2.05, 4.69) is 26.3 Å². The summed E-state index contributed by atoms with van der Waals surface area (Å²) in [6.07, 6.45) is 4.68. The van der Waals surface area contributed by atoms with Crippen LogP contribution in [0.1, 0.15) is 50.6 Å². The number of rotatable bonds is 7.